The van der Waals surface area contributed by atoms with Gasteiger partial charge in [0, 0.05) is 6.54 Å². The third kappa shape index (κ3) is 3.19. The van der Waals surface area contributed by atoms with Crippen molar-refractivity contribution in [1.82, 2.24) is 14.9 Å². The van der Waals surface area contributed by atoms with Gasteiger partial charge in [0.1, 0.15) is 5.82 Å². The predicted octanol–water partition coefficient (Wildman–Crippen LogP) is 2.24. The number of aromatic nitrogens is 2. The summed E-state index contributed by atoms with van der Waals surface area (Å²) in [6, 6.07) is 0. The first-order chi connectivity index (χ1) is 8.48. The molecule has 0 aliphatic carbocycles. The van der Waals surface area contributed by atoms with Crippen molar-refractivity contribution in [3.8, 4) is 0 Å². The second kappa shape index (κ2) is 5.22. The van der Waals surface area contributed by atoms with E-state index in [9.17, 15) is 0 Å². The van der Waals surface area contributed by atoms with Gasteiger partial charge >= 0.3 is 0 Å². The number of aryl methyl sites for hydroxylation is 2. The lowest BCUT2D eigenvalue weighted by Gasteiger charge is -2.38. The molecule has 2 heterocycles. The van der Waals surface area contributed by atoms with Gasteiger partial charge in [-0.25, -0.2) is 4.98 Å². The number of anilines is 1. The second-order valence-corrected chi connectivity index (χ2v) is 5.89. The van der Waals surface area contributed by atoms with Crippen LogP contribution in [0.4, 0.5) is 5.82 Å². The van der Waals surface area contributed by atoms with Crippen LogP contribution < -0.4 is 5.32 Å². The highest BCUT2D eigenvalue weighted by molar-refractivity contribution is 5.33. The van der Waals surface area contributed by atoms with Crippen molar-refractivity contribution in [1.29, 1.82) is 0 Å². The largest absolute Gasteiger partial charge is 0.368 e. The maximum Gasteiger partial charge on any atom is 0.144 e. The van der Waals surface area contributed by atoms with Crippen LogP contribution in [0.1, 0.15) is 31.2 Å². The molecular weight excluding hydrogens is 224 g/mol. The maximum absolute atomic E-state index is 4.52. The lowest BCUT2D eigenvalue weighted by atomic mass is 9.80. The number of likely N-dealkylation sites (tertiary alicyclic amines) is 1. The summed E-state index contributed by atoms with van der Waals surface area (Å²) in [4.78, 5) is 11.3. The molecule has 0 saturated carbocycles. The lowest BCUT2D eigenvalue weighted by molar-refractivity contribution is 0.150. The fraction of sp³-hybridized carbons (Fsp3) is 0.714. The number of piperidine rings is 1. The minimum absolute atomic E-state index is 0.382. The highest BCUT2D eigenvalue weighted by Crippen LogP contribution is 2.30. The Bertz CT molecular complexity index is 408. The van der Waals surface area contributed by atoms with E-state index in [2.05, 4.69) is 34.2 Å². The van der Waals surface area contributed by atoms with Crippen LogP contribution in [0.3, 0.4) is 0 Å². The van der Waals surface area contributed by atoms with Gasteiger partial charge in [0.05, 0.1) is 17.6 Å². The summed E-state index contributed by atoms with van der Waals surface area (Å²) >= 11 is 0. The van der Waals surface area contributed by atoms with Gasteiger partial charge in [-0.3, -0.25) is 4.98 Å². The maximum atomic E-state index is 4.52. The van der Waals surface area contributed by atoms with E-state index >= 15 is 0 Å². The molecule has 2 rings (SSSR count). The van der Waals surface area contributed by atoms with Crippen LogP contribution in [-0.4, -0.2) is 41.5 Å². The van der Waals surface area contributed by atoms with Crippen molar-refractivity contribution in [2.75, 3.05) is 32.0 Å². The molecule has 0 atom stereocenters. The Balaban J connectivity index is 1.92. The molecular formula is C14H24N4. The topological polar surface area (TPSA) is 41.1 Å². The molecule has 0 aromatic carbocycles. The van der Waals surface area contributed by atoms with E-state index in [4.69, 9.17) is 0 Å². The average Bonchev–Trinajstić information content (AvgIpc) is 2.35. The van der Waals surface area contributed by atoms with E-state index < -0.39 is 0 Å². The summed E-state index contributed by atoms with van der Waals surface area (Å²) in [5, 5.41) is 3.45. The average molecular weight is 248 g/mol. The zero-order valence-corrected chi connectivity index (χ0v) is 12.0. The zero-order valence-electron chi connectivity index (χ0n) is 12.0. The summed E-state index contributed by atoms with van der Waals surface area (Å²) in [6.07, 6.45) is 4.32. The Morgan fingerprint density at radius 2 is 1.94 bits per heavy atom. The van der Waals surface area contributed by atoms with Crippen molar-refractivity contribution < 1.29 is 0 Å². The van der Waals surface area contributed by atoms with E-state index in [1.165, 1.54) is 25.9 Å². The molecule has 0 unspecified atom stereocenters. The molecule has 0 spiro atoms. The van der Waals surface area contributed by atoms with Gasteiger partial charge in [-0.1, -0.05) is 6.92 Å². The van der Waals surface area contributed by atoms with Crippen LogP contribution in [-0.2, 0) is 0 Å². The number of nitrogens with zero attached hydrogens (tertiary/aromatic N) is 3. The molecule has 1 saturated heterocycles. The van der Waals surface area contributed by atoms with Gasteiger partial charge in [-0.2, -0.15) is 0 Å². The minimum Gasteiger partial charge on any atom is -0.368 e. The Kier molecular flexibility index (Phi) is 3.85. The van der Waals surface area contributed by atoms with Crippen molar-refractivity contribution in [2.45, 2.75) is 33.6 Å². The van der Waals surface area contributed by atoms with Crippen LogP contribution in [0.2, 0.25) is 0 Å². The van der Waals surface area contributed by atoms with Crippen molar-refractivity contribution in [2.24, 2.45) is 5.41 Å². The van der Waals surface area contributed by atoms with Gasteiger partial charge in [-0.05, 0) is 52.2 Å². The Labute approximate surface area is 110 Å². The smallest absolute Gasteiger partial charge is 0.144 e. The van der Waals surface area contributed by atoms with Crippen molar-refractivity contribution >= 4 is 5.82 Å². The minimum atomic E-state index is 0.382. The Hall–Kier alpha value is -1.16. The molecule has 4 heteroatoms. The predicted molar refractivity (Wildman–Crippen MR) is 74.8 cm³/mol. The second-order valence-electron chi connectivity index (χ2n) is 5.89. The quantitative estimate of drug-likeness (QED) is 0.890. The first kappa shape index (κ1) is 13.3. The standard InChI is InChI=1S/C14H24N4/c1-11-12(2)17-13(9-15-11)16-10-14(3)5-7-18(4)8-6-14/h9H,5-8,10H2,1-4H3,(H,16,17). The third-order valence-electron chi connectivity index (χ3n) is 4.08. The highest BCUT2D eigenvalue weighted by atomic mass is 15.1. The summed E-state index contributed by atoms with van der Waals surface area (Å²) in [5.74, 6) is 0.901. The van der Waals surface area contributed by atoms with Crippen molar-refractivity contribution in [3.63, 3.8) is 0 Å². The van der Waals surface area contributed by atoms with Crippen LogP contribution in [0, 0.1) is 19.3 Å². The zero-order chi connectivity index (χ0) is 13.2. The first-order valence-electron chi connectivity index (χ1n) is 6.71. The fourth-order valence-electron chi connectivity index (χ4n) is 2.27. The number of nitrogens with one attached hydrogen (secondary N) is 1. The molecule has 4 nitrogen and oxygen atoms in total. The molecule has 1 N–H and O–H groups in total. The van der Waals surface area contributed by atoms with Gasteiger partial charge in [-0.15, -0.1) is 0 Å². The monoisotopic (exact) mass is 248 g/mol. The SMILES string of the molecule is Cc1ncc(NCC2(C)CCN(C)CC2)nc1C. The molecule has 1 aliphatic rings. The number of hydrogen-bond donors (Lipinski definition) is 1. The van der Waals surface area contributed by atoms with E-state index in [0.717, 1.165) is 23.8 Å². The summed E-state index contributed by atoms with van der Waals surface area (Å²) < 4.78 is 0. The van der Waals surface area contributed by atoms with Crippen LogP contribution in [0.25, 0.3) is 0 Å². The first-order valence-corrected chi connectivity index (χ1v) is 6.71. The van der Waals surface area contributed by atoms with E-state index in [0.29, 0.717) is 5.41 Å². The van der Waals surface area contributed by atoms with Gasteiger partial charge in [0.2, 0.25) is 0 Å². The summed E-state index contributed by atoms with van der Waals surface area (Å²) in [7, 11) is 2.20. The molecule has 0 radical (unpaired) electrons. The van der Waals surface area contributed by atoms with Gasteiger partial charge < -0.3 is 10.2 Å². The Morgan fingerprint density at radius 1 is 1.28 bits per heavy atom. The molecule has 18 heavy (non-hydrogen) atoms. The molecule has 0 bridgehead atoms. The molecule has 1 aromatic rings. The summed E-state index contributed by atoms with van der Waals surface area (Å²) in [5.41, 5.74) is 2.40. The van der Waals surface area contributed by atoms with Crippen molar-refractivity contribution in [3.05, 3.63) is 17.6 Å². The fourth-order valence-corrected chi connectivity index (χ4v) is 2.27. The molecule has 1 aromatic heterocycles. The van der Waals surface area contributed by atoms with E-state index in [1.807, 2.05) is 20.0 Å². The van der Waals surface area contributed by atoms with Gasteiger partial charge in [0.15, 0.2) is 0 Å². The van der Waals surface area contributed by atoms with Crippen LogP contribution >= 0.6 is 0 Å². The van der Waals surface area contributed by atoms with Gasteiger partial charge in [0.25, 0.3) is 0 Å². The molecule has 1 fully saturated rings. The normalized spacial score (nSPS) is 19.8. The number of rotatable bonds is 3. The number of hydrogen-bond acceptors (Lipinski definition) is 4. The molecule has 100 valence electrons. The van der Waals surface area contributed by atoms with E-state index in [-0.39, 0.29) is 0 Å². The Morgan fingerprint density at radius 3 is 2.56 bits per heavy atom. The molecule has 0 amide bonds. The third-order valence-corrected chi connectivity index (χ3v) is 4.08. The van der Waals surface area contributed by atoms with E-state index in [1.54, 1.807) is 0 Å². The highest BCUT2D eigenvalue weighted by Gasteiger charge is 2.28. The molecule has 1 aliphatic heterocycles. The lowest BCUT2D eigenvalue weighted by Crippen LogP contribution is -2.40. The van der Waals surface area contributed by atoms with Crippen LogP contribution in [0.5, 0.6) is 0 Å². The van der Waals surface area contributed by atoms with Crippen LogP contribution in [0.15, 0.2) is 6.20 Å². The summed E-state index contributed by atoms with van der Waals surface area (Å²) in [6.45, 7) is 9.72.